The van der Waals surface area contributed by atoms with E-state index < -0.39 is 41.6 Å². The van der Waals surface area contributed by atoms with Crippen molar-refractivity contribution in [1.82, 2.24) is 4.72 Å². The lowest BCUT2D eigenvalue weighted by Crippen LogP contribution is -2.25. The van der Waals surface area contributed by atoms with Gasteiger partial charge in [-0.15, -0.1) is 5.11 Å². The highest BCUT2D eigenvalue weighted by Gasteiger charge is 2.24. The fourth-order valence-corrected chi connectivity index (χ4v) is 7.31. The molecule has 0 bridgehead atoms. The Bertz CT molecular complexity index is 1810. The fraction of sp³-hybridized carbons (Fsp3) is 0.448. The lowest BCUT2D eigenvalue weighted by atomic mass is 10.1. The van der Waals surface area contributed by atoms with Crippen LogP contribution in [0, 0.1) is 0 Å². The van der Waals surface area contributed by atoms with Crippen LogP contribution in [0.25, 0.3) is 10.8 Å². The van der Waals surface area contributed by atoms with Gasteiger partial charge in [0.25, 0.3) is 0 Å². The van der Waals surface area contributed by atoms with E-state index in [4.69, 9.17) is 20.9 Å². The normalized spacial score (nSPS) is 13.2. The van der Waals surface area contributed by atoms with E-state index >= 15 is 0 Å². The smallest absolute Gasteiger partial charge is 0.244 e. The minimum Gasteiger partial charge on any atom is -0.506 e. The van der Waals surface area contributed by atoms with E-state index in [1.165, 1.54) is 76.0 Å². The highest BCUT2D eigenvalue weighted by Crippen LogP contribution is 2.43. The highest BCUT2D eigenvalue weighted by molar-refractivity contribution is 7.89. The summed E-state index contributed by atoms with van der Waals surface area (Å²) in [5.74, 6) is -0.553. The van der Waals surface area contributed by atoms with E-state index in [1.807, 2.05) is 0 Å². The van der Waals surface area contributed by atoms with Crippen molar-refractivity contribution in [2.24, 2.45) is 19.7 Å². The molecule has 0 radical (unpaired) electrons. The number of rotatable bonds is 18. The Hall–Kier alpha value is -2.66. The van der Waals surface area contributed by atoms with Gasteiger partial charge < -0.3 is 17.9 Å². The topological polar surface area (TPSA) is 190 Å². The standard InChI is InChI=1S/C29H39ClN5O7S3/c1-3-4-5-6-7-8-9-10-11-12-18-32-45(40,41)27-20-25(34-33-21-16-17-23(30)26(19-21)44(31,38)39)28-22(29(27)36)14-13-15-24(28)35-43(37)42-2/h13-17,19-20,32,36H,3-12,18H2,1-2H3,(H2,31,38,39)/q-1. The number of unbranched alkanes of at least 4 members (excludes halogenated alkanes) is 9. The Labute approximate surface area is 272 Å². The molecule has 248 valence electrons. The number of azo groups is 1. The molecule has 16 heteroatoms. The molecule has 0 saturated heterocycles. The zero-order chi connectivity index (χ0) is 33.0. The number of hydrogen-bond acceptors (Lipinski definition) is 11. The molecule has 0 aliphatic heterocycles. The Balaban J connectivity index is 1.91. The van der Waals surface area contributed by atoms with E-state index in [2.05, 4.69) is 26.2 Å². The first-order valence-electron chi connectivity index (χ1n) is 14.6. The Kier molecular flexibility index (Phi) is 14.2. The van der Waals surface area contributed by atoms with Crippen molar-refractivity contribution < 1.29 is 30.3 Å². The minimum atomic E-state index is -4.20. The summed E-state index contributed by atoms with van der Waals surface area (Å²) in [5, 5.41) is 24.7. The molecule has 0 spiro atoms. The van der Waals surface area contributed by atoms with E-state index in [0.717, 1.165) is 31.4 Å². The average molecular weight is 701 g/mol. The van der Waals surface area contributed by atoms with Gasteiger partial charge in [0.2, 0.25) is 20.0 Å². The minimum absolute atomic E-state index is 0.0445. The SMILES string of the molecule is CCCCCCCCCCCCNS(=O)(=O)c1cc(N=Nc2ccc(Cl)c(S(N)(=O)=O)c2)c2c(N=[S-](=O)OC)cccc2c1O. The van der Waals surface area contributed by atoms with Gasteiger partial charge in [-0.25, -0.2) is 26.7 Å². The zero-order valence-electron chi connectivity index (χ0n) is 25.2. The van der Waals surface area contributed by atoms with Gasteiger partial charge >= 0.3 is 0 Å². The summed E-state index contributed by atoms with van der Waals surface area (Å²) in [6, 6.07) is 9.34. The Morgan fingerprint density at radius 2 is 1.53 bits per heavy atom. The van der Waals surface area contributed by atoms with Gasteiger partial charge in [0.1, 0.15) is 15.5 Å². The summed E-state index contributed by atoms with van der Waals surface area (Å²) in [6.45, 7) is 2.37. The number of nitrogens with zero attached hydrogens (tertiary/aromatic N) is 3. The molecule has 0 aliphatic carbocycles. The summed E-state index contributed by atoms with van der Waals surface area (Å²) in [6.07, 6.45) is 11.0. The van der Waals surface area contributed by atoms with E-state index in [9.17, 15) is 26.2 Å². The first kappa shape index (κ1) is 36.8. The number of nitrogens with two attached hydrogens (primary N) is 1. The average Bonchev–Trinajstić information content (AvgIpc) is 2.99. The maximum atomic E-state index is 13.4. The molecule has 4 N–H and O–H groups in total. The molecule has 0 atom stereocenters. The van der Waals surface area contributed by atoms with E-state index in [1.54, 1.807) is 0 Å². The van der Waals surface area contributed by atoms with Crippen LogP contribution in [0.3, 0.4) is 0 Å². The summed E-state index contributed by atoms with van der Waals surface area (Å²) >= 11 is 5.97. The van der Waals surface area contributed by atoms with Crippen LogP contribution in [0.5, 0.6) is 5.75 Å². The molecule has 0 aromatic heterocycles. The third kappa shape index (κ3) is 10.7. The molecule has 0 unspecified atom stereocenters. The predicted octanol–water partition coefficient (Wildman–Crippen LogP) is 7.80. The van der Waals surface area contributed by atoms with Crippen molar-refractivity contribution in [3.05, 3.63) is 47.5 Å². The number of phenolic OH excluding ortho intramolecular Hbond substituents is 1. The summed E-state index contributed by atoms with van der Waals surface area (Å²) in [4.78, 5) is -0.816. The van der Waals surface area contributed by atoms with Gasteiger partial charge in [0.15, 0.2) is 0 Å². The van der Waals surface area contributed by atoms with Crippen molar-refractivity contribution in [2.45, 2.75) is 80.9 Å². The maximum Gasteiger partial charge on any atom is 0.244 e. The zero-order valence-corrected chi connectivity index (χ0v) is 28.4. The predicted molar refractivity (Wildman–Crippen MR) is 177 cm³/mol. The van der Waals surface area contributed by atoms with Gasteiger partial charge in [-0.05, 0) is 36.8 Å². The molecule has 45 heavy (non-hydrogen) atoms. The lowest BCUT2D eigenvalue weighted by Gasteiger charge is -2.14. The molecule has 0 fully saturated rings. The first-order chi connectivity index (χ1) is 21.4. The van der Waals surface area contributed by atoms with Gasteiger partial charge in [-0.3, -0.25) is 0 Å². The van der Waals surface area contributed by atoms with Crippen LogP contribution in [-0.2, 0) is 39.3 Å². The summed E-state index contributed by atoms with van der Waals surface area (Å²) in [7, 11) is -9.27. The van der Waals surface area contributed by atoms with Crippen LogP contribution in [0.2, 0.25) is 5.02 Å². The molecule has 3 aromatic rings. The van der Waals surface area contributed by atoms with Crippen molar-refractivity contribution in [3.63, 3.8) is 0 Å². The number of nitrogens with one attached hydrogen (secondary N) is 1. The molecule has 3 rings (SSSR count). The molecule has 0 aliphatic rings. The third-order valence-corrected chi connectivity index (χ3v) is 10.5. The number of halogens is 1. The number of fused-ring (bicyclic) bond motifs is 1. The molecule has 0 amide bonds. The molecule has 0 saturated carbocycles. The first-order valence-corrected chi connectivity index (χ1v) is 19.0. The van der Waals surface area contributed by atoms with E-state index in [0.29, 0.717) is 6.42 Å². The molecule has 3 aromatic carbocycles. The number of benzene rings is 3. The van der Waals surface area contributed by atoms with Crippen molar-refractivity contribution in [2.75, 3.05) is 13.7 Å². The third-order valence-electron chi connectivity index (χ3n) is 6.98. The lowest BCUT2D eigenvalue weighted by molar-refractivity contribution is 0.438. The highest BCUT2D eigenvalue weighted by atomic mass is 35.5. The van der Waals surface area contributed by atoms with Crippen molar-refractivity contribution >= 4 is 70.4 Å². The van der Waals surface area contributed by atoms with Crippen LogP contribution in [0.15, 0.2) is 66.8 Å². The second-order valence-electron chi connectivity index (χ2n) is 10.4. The second-order valence-corrected chi connectivity index (χ2v) is 15.0. The molecular formula is C29H39ClN5O7S3-. The van der Waals surface area contributed by atoms with Crippen LogP contribution in [0.4, 0.5) is 17.1 Å². The number of primary sulfonamides is 1. The maximum absolute atomic E-state index is 13.4. The molecule has 12 nitrogen and oxygen atoms in total. The second kappa shape index (κ2) is 17.3. The summed E-state index contributed by atoms with van der Waals surface area (Å²) < 4.78 is 73.9. The number of aromatic hydroxyl groups is 1. The van der Waals surface area contributed by atoms with Crippen molar-refractivity contribution in [3.8, 4) is 5.75 Å². The van der Waals surface area contributed by atoms with Crippen LogP contribution >= 0.6 is 11.6 Å². The van der Waals surface area contributed by atoms with Gasteiger partial charge in [-0.2, -0.15) is 5.11 Å². The number of hydrogen-bond donors (Lipinski definition) is 3. The van der Waals surface area contributed by atoms with Crippen LogP contribution in [-0.4, -0.2) is 35.6 Å². The number of phenols is 1. The van der Waals surface area contributed by atoms with Crippen LogP contribution < -0.4 is 9.86 Å². The van der Waals surface area contributed by atoms with Gasteiger partial charge in [-0.1, -0.05) is 99.3 Å². The Morgan fingerprint density at radius 3 is 2.16 bits per heavy atom. The monoisotopic (exact) mass is 700 g/mol. The largest absolute Gasteiger partial charge is 0.506 e. The Morgan fingerprint density at radius 1 is 0.889 bits per heavy atom. The molecule has 0 heterocycles. The van der Waals surface area contributed by atoms with Gasteiger partial charge in [0.05, 0.1) is 16.4 Å². The molecular weight excluding hydrogens is 662 g/mol. The van der Waals surface area contributed by atoms with Gasteiger partial charge in [0, 0.05) is 30.1 Å². The quantitative estimate of drug-likeness (QED) is 0.0685. The number of sulfonamides is 2. The fourth-order valence-electron chi connectivity index (χ4n) is 4.66. The summed E-state index contributed by atoms with van der Waals surface area (Å²) in [5.41, 5.74) is 0.0743. The van der Waals surface area contributed by atoms with E-state index in [-0.39, 0.29) is 44.3 Å². The van der Waals surface area contributed by atoms with Crippen LogP contribution in [0.1, 0.15) is 71.1 Å². The van der Waals surface area contributed by atoms with Crippen molar-refractivity contribution in [1.29, 1.82) is 0 Å².